The molecule has 110 valence electrons. The Kier molecular flexibility index (Phi) is 3.70. The molecule has 5 nitrogen and oxygen atoms in total. The molecule has 1 fully saturated rings. The lowest BCUT2D eigenvalue weighted by atomic mass is 9.93. The van der Waals surface area contributed by atoms with E-state index in [0.29, 0.717) is 19.4 Å². The van der Waals surface area contributed by atoms with Crippen LogP contribution in [0.3, 0.4) is 0 Å². The van der Waals surface area contributed by atoms with Crippen LogP contribution >= 0.6 is 0 Å². The highest BCUT2D eigenvalue weighted by Crippen LogP contribution is 2.28. The zero-order chi connectivity index (χ0) is 14.2. The third-order valence-corrected chi connectivity index (χ3v) is 5.49. The van der Waals surface area contributed by atoms with Crippen molar-refractivity contribution in [1.82, 2.24) is 4.72 Å². The van der Waals surface area contributed by atoms with Crippen LogP contribution in [-0.2, 0) is 16.4 Å². The largest absolute Gasteiger partial charge is 0.493 e. The Hall–Kier alpha value is -1.11. The Morgan fingerprint density at radius 3 is 2.85 bits per heavy atom. The summed E-state index contributed by atoms with van der Waals surface area (Å²) in [6, 6.07) is 4.55. The molecule has 0 aromatic heterocycles. The first-order valence-electron chi connectivity index (χ1n) is 7.02. The maximum atomic E-state index is 12.4. The van der Waals surface area contributed by atoms with E-state index in [0.717, 1.165) is 30.6 Å². The van der Waals surface area contributed by atoms with Crippen molar-refractivity contribution >= 4 is 10.0 Å². The first-order valence-corrected chi connectivity index (χ1v) is 8.51. The van der Waals surface area contributed by atoms with Gasteiger partial charge in [0.15, 0.2) is 0 Å². The van der Waals surface area contributed by atoms with E-state index in [4.69, 9.17) is 4.74 Å². The van der Waals surface area contributed by atoms with Gasteiger partial charge in [0, 0.05) is 12.5 Å². The molecule has 3 rings (SSSR count). The third-order valence-electron chi connectivity index (χ3n) is 4.01. The highest BCUT2D eigenvalue weighted by Gasteiger charge is 2.28. The first-order chi connectivity index (χ1) is 9.56. The third kappa shape index (κ3) is 2.68. The Balaban J connectivity index is 1.81. The summed E-state index contributed by atoms with van der Waals surface area (Å²) in [5, 5.41) is 9.89. The van der Waals surface area contributed by atoms with E-state index in [9.17, 15) is 13.5 Å². The Morgan fingerprint density at radius 2 is 2.05 bits per heavy atom. The summed E-state index contributed by atoms with van der Waals surface area (Å²) < 4.78 is 32.8. The number of benzene rings is 1. The molecule has 1 heterocycles. The molecule has 6 heteroatoms. The molecule has 2 N–H and O–H groups in total. The molecule has 0 unspecified atom stereocenters. The molecule has 0 spiro atoms. The molecule has 0 radical (unpaired) electrons. The van der Waals surface area contributed by atoms with Gasteiger partial charge in [-0.1, -0.05) is 12.8 Å². The fraction of sp³-hybridized carbons (Fsp3) is 0.571. The molecule has 0 saturated heterocycles. The van der Waals surface area contributed by atoms with Gasteiger partial charge in [-0.2, -0.15) is 0 Å². The summed E-state index contributed by atoms with van der Waals surface area (Å²) in [4.78, 5) is 0.250. The van der Waals surface area contributed by atoms with Crippen molar-refractivity contribution in [2.24, 2.45) is 0 Å². The minimum absolute atomic E-state index is 0.250. The van der Waals surface area contributed by atoms with E-state index in [1.165, 1.54) is 0 Å². The maximum Gasteiger partial charge on any atom is 0.240 e. The lowest BCUT2D eigenvalue weighted by Gasteiger charge is -2.28. The molecule has 0 bridgehead atoms. The normalized spacial score (nSPS) is 26.1. The van der Waals surface area contributed by atoms with Gasteiger partial charge >= 0.3 is 0 Å². The van der Waals surface area contributed by atoms with Gasteiger partial charge in [-0.05, 0) is 36.6 Å². The van der Waals surface area contributed by atoms with E-state index < -0.39 is 16.1 Å². The zero-order valence-electron chi connectivity index (χ0n) is 11.2. The monoisotopic (exact) mass is 297 g/mol. The van der Waals surface area contributed by atoms with Gasteiger partial charge in [0.2, 0.25) is 10.0 Å². The van der Waals surface area contributed by atoms with Crippen molar-refractivity contribution in [1.29, 1.82) is 0 Å². The van der Waals surface area contributed by atoms with Crippen LogP contribution in [0.5, 0.6) is 5.75 Å². The maximum absolute atomic E-state index is 12.4. The van der Waals surface area contributed by atoms with Crippen molar-refractivity contribution < 1.29 is 18.3 Å². The fourth-order valence-electron chi connectivity index (χ4n) is 2.85. The number of ether oxygens (including phenoxy) is 1. The summed E-state index contributed by atoms with van der Waals surface area (Å²) >= 11 is 0. The van der Waals surface area contributed by atoms with E-state index in [-0.39, 0.29) is 10.9 Å². The second-order valence-electron chi connectivity index (χ2n) is 5.45. The lowest BCUT2D eigenvalue weighted by molar-refractivity contribution is 0.101. The molecule has 1 aromatic rings. The quantitative estimate of drug-likeness (QED) is 0.879. The fourth-order valence-corrected chi connectivity index (χ4v) is 4.20. The number of hydrogen-bond donors (Lipinski definition) is 2. The molecule has 1 saturated carbocycles. The summed E-state index contributed by atoms with van der Waals surface area (Å²) in [6.45, 7) is 0.605. The van der Waals surface area contributed by atoms with E-state index in [2.05, 4.69) is 4.72 Å². The standard InChI is InChI=1S/C14H19NO4S/c16-13-4-2-1-3-12(13)15-20(17,18)11-5-6-14-10(9-11)7-8-19-14/h5-6,9,12-13,15-16H,1-4,7-8H2/t12-,13-/m1/s1. The summed E-state index contributed by atoms with van der Waals surface area (Å²) in [5.41, 5.74) is 0.928. The van der Waals surface area contributed by atoms with Crippen molar-refractivity contribution in [2.45, 2.75) is 49.1 Å². The van der Waals surface area contributed by atoms with Gasteiger partial charge in [0.25, 0.3) is 0 Å². The molecule has 0 amide bonds. The Bertz CT molecular complexity index is 599. The predicted molar refractivity (Wildman–Crippen MR) is 74.2 cm³/mol. The Morgan fingerprint density at radius 1 is 1.25 bits per heavy atom. The number of nitrogens with one attached hydrogen (secondary N) is 1. The molecule has 20 heavy (non-hydrogen) atoms. The van der Waals surface area contributed by atoms with Gasteiger partial charge < -0.3 is 9.84 Å². The average molecular weight is 297 g/mol. The van der Waals surface area contributed by atoms with Crippen LogP contribution in [0.4, 0.5) is 0 Å². The molecular weight excluding hydrogens is 278 g/mol. The van der Waals surface area contributed by atoms with E-state index in [1.54, 1.807) is 18.2 Å². The minimum atomic E-state index is -3.58. The molecule has 1 aliphatic carbocycles. The van der Waals surface area contributed by atoms with E-state index >= 15 is 0 Å². The number of aliphatic hydroxyl groups excluding tert-OH is 1. The van der Waals surface area contributed by atoms with Crippen molar-refractivity contribution in [2.75, 3.05) is 6.61 Å². The molecule has 2 aliphatic rings. The van der Waals surface area contributed by atoms with Crippen molar-refractivity contribution in [3.63, 3.8) is 0 Å². The number of rotatable bonds is 3. The van der Waals surface area contributed by atoms with Gasteiger partial charge in [-0.15, -0.1) is 0 Å². The van der Waals surface area contributed by atoms with Crippen LogP contribution in [-0.4, -0.2) is 32.3 Å². The summed E-state index contributed by atoms with van der Waals surface area (Å²) in [6.07, 6.45) is 3.40. The molecular formula is C14H19NO4S. The van der Waals surface area contributed by atoms with Crippen LogP contribution in [0.15, 0.2) is 23.1 Å². The van der Waals surface area contributed by atoms with Crippen LogP contribution < -0.4 is 9.46 Å². The van der Waals surface area contributed by atoms with Crippen molar-refractivity contribution in [3.8, 4) is 5.75 Å². The summed E-state index contributed by atoms with van der Waals surface area (Å²) in [5.74, 6) is 0.765. The lowest BCUT2D eigenvalue weighted by Crippen LogP contribution is -2.44. The summed E-state index contributed by atoms with van der Waals surface area (Å²) in [7, 11) is -3.58. The second-order valence-corrected chi connectivity index (χ2v) is 7.16. The number of hydrogen-bond acceptors (Lipinski definition) is 4. The first kappa shape index (κ1) is 13.9. The van der Waals surface area contributed by atoms with Gasteiger partial charge in [-0.3, -0.25) is 0 Å². The topological polar surface area (TPSA) is 75.6 Å². The Labute approximate surface area is 119 Å². The molecule has 1 aromatic carbocycles. The highest BCUT2D eigenvalue weighted by atomic mass is 32.2. The number of sulfonamides is 1. The average Bonchev–Trinajstić information content (AvgIpc) is 2.88. The van der Waals surface area contributed by atoms with Gasteiger partial charge in [0.1, 0.15) is 5.75 Å². The van der Waals surface area contributed by atoms with Crippen LogP contribution in [0.2, 0.25) is 0 Å². The number of fused-ring (bicyclic) bond motifs is 1. The van der Waals surface area contributed by atoms with Crippen LogP contribution in [0, 0.1) is 0 Å². The van der Waals surface area contributed by atoms with Crippen LogP contribution in [0.1, 0.15) is 31.2 Å². The highest BCUT2D eigenvalue weighted by molar-refractivity contribution is 7.89. The molecule has 2 atom stereocenters. The van der Waals surface area contributed by atoms with E-state index in [1.807, 2.05) is 0 Å². The predicted octanol–water partition coefficient (Wildman–Crippen LogP) is 1.20. The van der Waals surface area contributed by atoms with Crippen molar-refractivity contribution in [3.05, 3.63) is 23.8 Å². The van der Waals surface area contributed by atoms with Crippen LogP contribution in [0.25, 0.3) is 0 Å². The van der Waals surface area contributed by atoms with Gasteiger partial charge in [-0.25, -0.2) is 13.1 Å². The zero-order valence-corrected chi connectivity index (χ0v) is 12.0. The van der Waals surface area contributed by atoms with Gasteiger partial charge in [0.05, 0.1) is 17.6 Å². The second kappa shape index (κ2) is 5.35. The minimum Gasteiger partial charge on any atom is -0.493 e. The number of aliphatic hydroxyl groups is 1. The smallest absolute Gasteiger partial charge is 0.240 e. The molecule has 1 aliphatic heterocycles. The SMILES string of the molecule is O=S(=O)(N[C@@H]1CCCC[C@H]1O)c1ccc2c(c1)CCO2.